The molecular formula is C21H27NO4. The maximum absolute atomic E-state index is 13.0. The molecule has 26 heavy (non-hydrogen) atoms. The number of rotatable bonds is 7. The van der Waals surface area contributed by atoms with Gasteiger partial charge < -0.3 is 14.4 Å². The monoisotopic (exact) mass is 357 g/mol. The van der Waals surface area contributed by atoms with Crippen molar-refractivity contribution in [1.29, 1.82) is 0 Å². The van der Waals surface area contributed by atoms with E-state index in [4.69, 9.17) is 9.47 Å². The summed E-state index contributed by atoms with van der Waals surface area (Å²) in [5, 5.41) is 0. The van der Waals surface area contributed by atoms with E-state index in [0.717, 1.165) is 5.56 Å². The van der Waals surface area contributed by atoms with E-state index in [-0.39, 0.29) is 18.4 Å². The van der Waals surface area contributed by atoms with Crippen molar-refractivity contribution >= 4 is 18.0 Å². The van der Waals surface area contributed by atoms with E-state index in [1.165, 1.54) is 0 Å². The normalized spacial score (nSPS) is 16.0. The molecule has 1 amide bonds. The fourth-order valence-corrected chi connectivity index (χ4v) is 2.96. The van der Waals surface area contributed by atoms with Crippen molar-refractivity contribution in [2.75, 3.05) is 19.8 Å². The van der Waals surface area contributed by atoms with Crippen molar-refractivity contribution in [2.45, 2.75) is 34.6 Å². The highest BCUT2D eigenvalue weighted by molar-refractivity contribution is 6.16. The molecule has 140 valence electrons. The predicted octanol–water partition coefficient (Wildman–Crippen LogP) is 3.80. The average molecular weight is 357 g/mol. The summed E-state index contributed by atoms with van der Waals surface area (Å²) in [5.41, 5.74) is 2.10. The molecule has 0 atom stereocenters. The molecule has 0 radical (unpaired) electrons. The molecule has 0 spiro atoms. The highest BCUT2D eigenvalue weighted by Crippen LogP contribution is 2.33. The maximum atomic E-state index is 13.0. The summed E-state index contributed by atoms with van der Waals surface area (Å²) in [6, 6.07) is 7.47. The minimum Gasteiger partial charge on any atom is -0.493 e. The van der Waals surface area contributed by atoms with Crippen LogP contribution >= 0.6 is 0 Å². The van der Waals surface area contributed by atoms with Crippen LogP contribution < -0.4 is 4.74 Å². The quantitative estimate of drug-likeness (QED) is 0.550. The molecule has 0 unspecified atom stereocenters. The molecule has 1 heterocycles. The van der Waals surface area contributed by atoms with Gasteiger partial charge >= 0.3 is 5.97 Å². The number of esters is 1. The average Bonchev–Trinajstić information content (AvgIpc) is 2.81. The molecule has 0 aliphatic carbocycles. The number of allylic oxidation sites excluding steroid dienone is 1. The van der Waals surface area contributed by atoms with Gasteiger partial charge in [-0.3, -0.25) is 4.79 Å². The van der Waals surface area contributed by atoms with Crippen molar-refractivity contribution < 1.29 is 19.1 Å². The first-order valence-electron chi connectivity index (χ1n) is 9.04. The largest absolute Gasteiger partial charge is 0.493 e. The molecule has 5 nitrogen and oxygen atoms in total. The number of hydrogen-bond acceptors (Lipinski definition) is 4. The van der Waals surface area contributed by atoms with Crippen LogP contribution in [0, 0.1) is 5.92 Å². The smallest absolute Gasteiger partial charge is 0.340 e. The summed E-state index contributed by atoms with van der Waals surface area (Å²) in [6.07, 6.45) is 1.73. The lowest BCUT2D eigenvalue weighted by atomic mass is 10.0. The Hall–Kier alpha value is -2.56. The second-order valence-electron chi connectivity index (χ2n) is 6.52. The summed E-state index contributed by atoms with van der Waals surface area (Å²) in [6.45, 7) is 10.9. The number of nitrogens with zero attached hydrogens (tertiary/aromatic N) is 1. The lowest BCUT2D eigenvalue weighted by molar-refractivity contribution is -0.138. The Morgan fingerprint density at radius 2 is 1.88 bits per heavy atom. The fraction of sp³-hybridized carbons (Fsp3) is 0.429. The molecule has 1 aromatic rings. The van der Waals surface area contributed by atoms with Gasteiger partial charge in [0.1, 0.15) is 5.75 Å². The Labute approximate surface area is 155 Å². The molecule has 0 aromatic heterocycles. The lowest BCUT2D eigenvalue weighted by Crippen LogP contribution is -2.28. The van der Waals surface area contributed by atoms with Gasteiger partial charge in [0.15, 0.2) is 0 Å². The number of ether oxygens (including phenoxy) is 2. The number of carbonyl (C=O) groups excluding carboxylic acids is 2. The third-order valence-electron chi connectivity index (χ3n) is 4.06. The third kappa shape index (κ3) is 4.15. The molecular weight excluding hydrogens is 330 g/mol. The molecule has 0 bridgehead atoms. The Balaban J connectivity index is 2.54. The van der Waals surface area contributed by atoms with Crippen LogP contribution in [0.3, 0.4) is 0 Å². The summed E-state index contributed by atoms with van der Waals surface area (Å²) in [5.74, 6) is 0.321. The second kappa shape index (κ2) is 8.70. The maximum Gasteiger partial charge on any atom is 0.340 e. The Morgan fingerprint density at radius 3 is 2.50 bits per heavy atom. The molecule has 1 aliphatic rings. The first-order valence-corrected chi connectivity index (χ1v) is 9.04. The first-order chi connectivity index (χ1) is 12.4. The van der Waals surface area contributed by atoms with E-state index in [2.05, 4.69) is 0 Å². The standard InChI is InChI=1S/C21H27NO4/c1-6-25-18-11-9-8-10-16(18)12-17-19(21(24)26-7-2)15(5)22(20(17)23)13-14(3)4/h8-12,14H,6-7,13H2,1-5H3. The van der Waals surface area contributed by atoms with Crippen molar-refractivity contribution in [3.63, 3.8) is 0 Å². The number of benzene rings is 1. The van der Waals surface area contributed by atoms with Gasteiger partial charge in [-0.1, -0.05) is 32.0 Å². The second-order valence-corrected chi connectivity index (χ2v) is 6.52. The Morgan fingerprint density at radius 1 is 1.19 bits per heavy atom. The van der Waals surface area contributed by atoms with Crippen LogP contribution in [-0.2, 0) is 14.3 Å². The van der Waals surface area contributed by atoms with E-state index in [1.807, 2.05) is 45.0 Å². The molecule has 1 aliphatic heterocycles. The highest BCUT2D eigenvalue weighted by atomic mass is 16.5. The minimum absolute atomic E-state index is 0.175. The fourth-order valence-electron chi connectivity index (χ4n) is 2.96. The van der Waals surface area contributed by atoms with Crippen LogP contribution in [0.5, 0.6) is 5.75 Å². The van der Waals surface area contributed by atoms with Crippen molar-refractivity contribution in [1.82, 2.24) is 4.90 Å². The zero-order chi connectivity index (χ0) is 19.3. The van der Waals surface area contributed by atoms with Crippen LogP contribution in [0.2, 0.25) is 0 Å². The number of amides is 1. The van der Waals surface area contributed by atoms with Gasteiger partial charge in [-0.25, -0.2) is 4.79 Å². The number of hydrogen-bond donors (Lipinski definition) is 0. The molecule has 0 fully saturated rings. The van der Waals surface area contributed by atoms with Crippen molar-refractivity contribution in [2.24, 2.45) is 5.92 Å². The van der Waals surface area contributed by atoms with Gasteiger partial charge in [0.2, 0.25) is 0 Å². The van der Waals surface area contributed by atoms with E-state index in [9.17, 15) is 9.59 Å². The Kier molecular flexibility index (Phi) is 6.61. The summed E-state index contributed by atoms with van der Waals surface area (Å²) in [4.78, 5) is 27.2. The van der Waals surface area contributed by atoms with E-state index >= 15 is 0 Å². The van der Waals surface area contributed by atoms with Gasteiger partial charge in [-0.05, 0) is 38.8 Å². The van der Waals surface area contributed by atoms with E-state index in [1.54, 1.807) is 24.8 Å². The zero-order valence-electron chi connectivity index (χ0n) is 16.2. The molecule has 1 aromatic carbocycles. The zero-order valence-corrected chi connectivity index (χ0v) is 16.2. The number of carbonyl (C=O) groups is 2. The predicted molar refractivity (Wildman–Crippen MR) is 101 cm³/mol. The van der Waals surface area contributed by atoms with Crippen LogP contribution in [0.4, 0.5) is 0 Å². The SMILES string of the molecule is CCOC(=O)C1=C(C)N(CC(C)C)C(=O)C1=Cc1ccccc1OCC. The topological polar surface area (TPSA) is 55.8 Å². The summed E-state index contributed by atoms with van der Waals surface area (Å²) >= 11 is 0. The lowest BCUT2D eigenvalue weighted by Gasteiger charge is -2.20. The summed E-state index contributed by atoms with van der Waals surface area (Å²) < 4.78 is 10.8. The van der Waals surface area contributed by atoms with E-state index in [0.29, 0.717) is 35.7 Å². The molecule has 0 saturated heterocycles. The van der Waals surface area contributed by atoms with Gasteiger partial charge in [0, 0.05) is 17.8 Å². The van der Waals surface area contributed by atoms with Crippen LogP contribution in [0.1, 0.15) is 40.2 Å². The molecule has 0 N–H and O–H groups in total. The molecule has 0 saturated carbocycles. The summed E-state index contributed by atoms with van der Waals surface area (Å²) in [7, 11) is 0. The minimum atomic E-state index is -0.468. The Bertz CT molecular complexity index is 746. The van der Waals surface area contributed by atoms with Gasteiger partial charge in [-0.2, -0.15) is 0 Å². The number of para-hydroxylation sites is 1. The van der Waals surface area contributed by atoms with Gasteiger partial charge in [-0.15, -0.1) is 0 Å². The van der Waals surface area contributed by atoms with Gasteiger partial charge in [0.05, 0.1) is 24.4 Å². The van der Waals surface area contributed by atoms with Crippen LogP contribution in [0.15, 0.2) is 41.1 Å². The van der Waals surface area contributed by atoms with Crippen LogP contribution in [0.25, 0.3) is 6.08 Å². The van der Waals surface area contributed by atoms with E-state index < -0.39 is 5.97 Å². The van der Waals surface area contributed by atoms with Crippen molar-refractivity contribution in [3.05, 3.63) is 46.7 Å². The molecule has 5 heteroatoms. The van der Waals surface area contributed by atoms with Gasteiger partial charge in [0.25, 0.3) is 5.91 Å². The highest BCUT2D eigenvalue weighted by Gasteiger charge is 2.37. The van der Waals surface area contributed by atoms with Crippen molar-refractivity contribution in [3.8, 4) is 5.75 Å². The van der Waals surface area contributed by atoms with Crippen LogP contribution in [-0.4, -0.2) is 36.5 Å². The molecule has 2 rings (SSSR count). The first kappa shape index (κ1) is 19.8. The third-order valence-corrected chi connectivity index (χ3v) is 4.06.